The van der Waals surface area contributed by atoms with Gasteiger partial charge in [-0.05, 0) is 43.2 Å². The maximum Gasteiger partial charge on any atom is 0.323 e. The minimum atomic E-state index is -0.197. The van der Waals surface area contributed by atoms with Crippen LogP contribution in [0.1, 0.15) is 24.8 Å². The number of aromatic nitrogens is 2. The number of carbonyl (C=O) groups excluding carboxylic acids is 1. The third-order valence-electron chi connectivity index (χ3n) is 4.78. The molecule has 25 heavy (non-hydrogen) atoms. The first-order chi connectivity index (χ1) is 12.1. The van der Waals surface area contributed by atoms with Gasteiger partial charge in [0.05, 0.1) is 0 Å². The summed E-state index contributed by atoms with van der Waals surface area (Å²) in [5.74, 6) is 1.07. The summed E-state index contributed by atoms with van der Waals surface area (Å²) in [6.45, 7) is 1.52. The predicted octanol–water partition coefficient (Wildman–Crippen LogP) is 2.66. The van der Waals surface area contributed by atoms with Crippen molar-refractivity contribution >= 4 is 11.8 Å². The highest BCUT2D eigenvalue weighted by atomic mass is 16.2. The molecule has 1 aromatic heterocycles. The van der Waals surface area contributed by atoms with Crippen LogP contribution in [0.2, 0.25) is 0 Å². The Morgan fingerprint density at radius 1 is 1.16 bits per heavy atom. The maximum absolute atomic E-state index is 12.3. The average Bonchev–Trinajstić information content (AvgIpc) is 2.64. The molecule has 0 spiro atoms. The number of anilines is 1. The number of amides is 2. The van der Waals surface area contributed by atoms with Crippen LogP contribution in [0, 0.1) is 5.92 Å². The molecule has 1 aliphatic heterocycles. The molecule has 0 bridgehead atoms. The fraction of sp³-hybridized carbons (Fsp3) is 0.421. The Hall–Kier alpha value is -2.63. The van der Waals surface area contributed by atoms with Crippen LogP contribution in [0.3, 0.4) is 0 Å². The van der Waals surface area contributed by atoms with Gasteiger partial charge >= 0.3 is 6.03 Å². The maximum atomic E-state index is 12.3. The third-order valence-corrected chi connectivity index (χ3v) is 4.78. The van der Waals surface area contributed by atoms with E-state index >= 15 is 0 Å². The molecule has 0 saturated carbocycles. The second kappa shape index (κ2) is 7.96. The lowest BCUT2D eigenvalue weighted by Gasteiger charge is -2.32. The van der Waals surface area contributed by atoms with E-state index in [1.807, 2.05) is 11.0 Å². The summed E-state index contributed by atoms with van der Waals surface area (Å²) in [6, 6.07) is 13.3. The van der Waals surface area contributed by atoms with Gasteiger partial charge in [0.2, 0.25) is 0 Å². The summed E-state index contributed by atoms with van der Waals surface area (Å²) in [5.41, 5.74) is 1.18. The van der Waals surface area contributed by atoms with Crippen LogP contribution in [-0.4, -0.2) is 33.8 Å². The van der Waals surface area contributed by atoms with Gasteiger partial charge in [0.1, 0.15) is 0 Å². The zero-order valence-electron chi connectivity index (χ0n) is 14.5. The standard InChI is InChI=1S/C19H24N4O2/c1-22-18(24)10-9-17(21-22)20-19(25)23-13-11-16(12-14-23)8-7-15-5-3-2-4-6-15/h2-6,9-10,16H,7-8,11-14H2,1H3,(H,20,21,25). The number of aryl methyl sites for hydroxylation is 2. The van der Waals surface area contributed by atoms with E-state index < -0.39 is 0 Å². The van der Waals surface area contributed by atoms with Crippen LogP contribution in [0.25, 0.3) is 0 Å². The second-order valence-electron chi connectivity index (χ2n) is 6.57. The highest BCUT2D eigenvalue weighted by Gasteiger charge is 2.23. The van der Waals surface area contributed by atoms with Gasteiger partial charge in [-0.2, -0.15) is 5.10 Å². The molecule has 1 aliphatic rings. The summed E-state index contributed by atoms with van der Waals surface area (Å²) >= 11 is 0. The molecule has 2 amide bonds. The molecule has 2 aromatic rings. The zero-order chi connectivity index (χ0) is 17.6. The third kappa shape index (κ3) is 4.68. The van der Waals surface area contributed by atoms with Gasteiger partial charge in [0, 0.05) is 26.2 Å². The quantitative estimate of drug-likeness (QED) is 0.930. The number of rotatable bonds is 4. The molecule has 132 valence electrons. The SMILES string of the molecule is Cn1nc(NC(=O)N2CCC(CCc3ccccc3)CC2)ccc1=O. The first-order valence-electron chi connectivity index (χ1n) is 8.76. The van der Waals surface area contributed by atoms with Crippen LogP contribution < -0.4 is 10.9 Å². The van der Waals surface area contributed by atoms with Gasteiger partial charge in [0.25, 0.3) is 5.56 Å². The molecule has 1 aromatic carbocycles. The van der Waals surface area contributed by atoms with Crippen molar-refractivity contribution in [2.75, 3.05) is 18.4 Å². The van der Waals surface area contributed by atoms with Gasteiger partial charge in [-0.1, -0.05) is 30.3 Å². The van der Waals surface area contributed by atoms with Crippen LogP contribution in [0.4, 0.5) is 10.6 Å². The number of nitrogens with one attached hydrogen (secondary N) is 1. The Morgan fingerprint density at radius 2 is 1.88 bits per heavy atom. The normalized spacial score (nSPS) is 15.2. The number of hydrogen-bond acceptors (Lipinski definition) is 3. The van der Waals surface area contributed by atoms with Gasteiger partial charge in [-0.15, -0.1) is 0 Å². The molecule has 0 radical (unpaired) electrons. The topological polar surface area (TPSA) is 67.2 Å². The largest absolute Gasteiger partial charge is 0.324 e. The number of nitrogens with zero attached hydrogens (tertiary/aromatic N) is 3. The van der Waals surface area contributed by atoms with E-state index in [0.29, 0.717) is 11.7 Å². The van der Waals surface area contributed by atoms with E-state index in [-0.39, 0.29) is 11.6 Å². The van der Waals surface area contributed by atoms with E-state index in [0.717, 1.165) is 32.4 Å². The van der Waals surface area contributed by atoms with Crippen molar-refractivity contribution in [3.05, 3.63) is 58.4 Å². The Bertz CT molecular complexity index is 764. The molecular formula is C19H24N4O2. The highest BCUT2D eigenvalue weighted by molar-refractivity contribution is 5.88. The Balaban J connectivity index is 1.45. The molecule has 2 heterocycles. The van der Waals surface area contributed by atoms with E-state index in [1.54, 1.807) is 7.05 Å². The summed E-state index contributed by atoms with van der Waals surface area (Å²) < 4.78 is 1.21. The van der Waals surface area contributed by atoms with E-state index in [9.17, 15) is 9.59 Å². The van der Waals surface area contributed by atoms with Crippen LogP contribution in [0.15, 0.2) is 47.3 Å². The molecule has 1 N–H and O–H groups in total. The number of hydrogen-bond donors (Lipinski definition) is 1. The number of carbonyl (C=O) groups is 1. The lowest BCUT2D eigenvalue weighted by Crippen LogP contribution is -2.41. The Labute approximate surface area is 147 Å². The van der Waals surface area contributed by atoms with Crippen LogP contribution in [-0.2, 0) is 13.5 Å². The monoisotopic (exact) mass is 340 g/mol. The lowest BCUT2D eigenvalue weighted by atomic mass is 9.91. The summed E-state index contributed by atoms with van der Waals surface area (Å²) in [6.07, 6.45) is 4.32. The van der Waals surface area contributed by atoms with Gasteiger partial charge < -0.3 is 4.90 Å². The first-order valence-corrected chi connectivity index (χ1v) is 8.76. The minimum absolute atomic E-state index is 0.146. The van der Waals surface area contributed by atoms with Gasteiger partial charge in [-0.3, -0.25) is 10.1 Å². The fourth-order valence-electron chi connectivity index (χ4n) is 3.20. The average molecular weight is 340 g/mol. The second-order valence-corrected chi connectivity index (χ2v) is 6.57. The molecule has 0 atom stereocenters. The van der Waals surface area contributed by atoms with Gasteiger partial charge in [0.15, 0.2) is 5.82 Å². The minimum Gasteiger partial charge on any atom is -0.324 e. The molecule has 1 saturated heterocycles. The number of piperidine rings is 1. The molecule has 6 heteroatoms. The highest BCUT2D eigenvalue weighted by Crippen LogP contribution is 2.22. The van der Waals surface area contributed by atoms with E-state index in [2.05, 4.69) is 34.7 Å². The number of benzene rings is 1. The van der Waals surface area contributed by atoms with E-state index in [4.69, 9.17) is 0 Å². The van der Waals surface area contributed by atoms with Crippen LogP contribution >= 0.6 is 0 Å². The first kappa shape index (κ1) is 17.2. The van der Waals surface area contributed by atoms with Crippen molar-refractivity contribution in [1.29, 1.82) is 0 Å². The molecular weight excluding hydrogens is 316 g/mol. The van der Waals surface area contributed by atoms with Gasteiger partial charge in [-0.25, -0.2) is 9.48 Å². The number of likely N-dealkylation sites (tertiary alicyclic amines) is 1. The summed E-state index contributed by atoms with van der Waals surface area (Å²) in [5, 5.41) is 6.80. The molecule has 3 rings (SSSR count). The van der Waals surface area contributed by atoms with Crippen LogP contribution in [0.5, 0.6) is 0 Å². The Kier molecular flexibility index (Phi) is 5.48. The van der Waals surface area contributed by atoms with Crippen molar-refractivity contribution in [3.63, 3.8) is 0 Å². The van der Waals surface area contributed by atoms with Crippen molar-refractivity contribution in [1.82, 2.24) is 14.7 Å². The molecule has 0 aliphatic carbocycles. The van der Waals surface area contributed by atoms with Crippen molar-refractivity contribution < 1.29 is 4.79 Å². The smallest absolute Gasteiger partial charge is 0.323 e. The summed E-state index contributed by atoms with van der Waals surface area (Å²) in [7, 11) is 1.57. The van der Waals surface area contributed by atoms with Crippen molar-refractivity contribution in [3.8, 4) is 0 Å². The fourth-order valence-corrected chi connectivity index (χ4v) is 3.20. The molecule has 1 fully saturated rings. The molecule has 0 unspecified atom stereocenters. The Morgan fingerprint density at radius 3 is 2.56 bits per heavy atom. The number of urea groups is 1. The molecule has 6 nitrogen and oxygen atoms in total. The summed E-state index contributed by atoms with van der Waals surface area (Å²) in [4.78, 5) is 25.5. The van der Waals surface area contributed by atoms with Crippen molar-refractivity contribution in [2.24, 2.45) is 13.0 Å². The lowest BCUT2D eigenvalue weighted by molar-refractivity contribution is 0.180. The zero-order valence-corrected chi connectivity index (χ0v) is 14.5. The van der Waals surface area contributed by atoms with Crippen molar-refractivity contribution in [2.45, 2.75) is 25.7 Å². The van der Waals surface area contributed by atoms with E-state index in [1.165, 1.54) is 28.8 Å². The predicted molar refractivity (Wildman–Crippen MR) is 97.6 cm³/mol.